The molecule has 0 spiro atoms. The molecule has 4 fully saturated rings. The van der Waals surface area contributed by atoms with E-state index < -0.39 is 0 Å². The van der Waals surface area contributed by atoms with Gasteiger partial charge in [0.15, 0.2) is 0 Å². The molecule has 0 unspecified atom stereocenters. The van der Waals surface area contributed by atoms with Crippen molar-refractivity contribution in [2.45, 2.75) is 43.9 Å². The normalized spacial score (nSPS) is 21.3. The summed E-state index contributed by atoms with van der Waals surface area (Å²) in [6.07, 6.45) is 8.55. The molecular weight excluding hydrogens is 685 g/mol. The smallest absolute Gasteiger partial charge is 0.0555 e. The molecule has 0 saturated heterocycles. The largest absolute Gasteiger partial charge is 0.310 e. The predicted octanol–water partition coefficient (Wildman–Crippen LogP) is 15.1. The highest BCUT2D eigenvalue weighted by Gasteiger charge is 2.51. The Morgan fingerprint density at radius 3 is 1.25 bits per heavy atom. The van der Waals surface area contributed by atoms with Crippen LogP contribution in [0.5, 0.6) is 0 Å². The van der Waals surface area contributed by atoms with E-state index in [9.17, 15) is 0 Å². The molecule has 268 valence electrons. The highest BCUT2D eigenvalue weighted by molar-refractivity contribution is 7.26. The van der Waals surface area contributed by atoms with E-state index in [4.69, 9.17) is 0 Å². The van der Waals surface area contributed by atoms with E-state index in [-0.39, 0.29) is 0 Å². The number of para-hydroxylation sites is 2. The van der Waals surface area contributed by atoms with E-state index in [2.05, 4.69) is 186 Å². The maximum absolute atomic E-state index is 2.51. The predicted molar refractivity (Wildman–Crippen MR) is 234 cm³/mol. The number of rotatable bonds is 8. The molecule has 4 saturated carbocycles. The molecule has 12 rings (SSSR count). The quantitative estimate of drug-likeness (QED) is 0.154. The monoisotopic (exact) mass is 728 g/mol. The standard InChI is InChI=1S/C52H44N2S/c1-4-12-39(13-5-1)40-22-26-44(27-23-40)54(45-28-24-41(25-29-45)52-33-36-30-37(34-52)32-38(31-36)35-52)47-19-11-21-49-51(47)50-46(18-10-20-48(50)55-49)53(42-14-6-2-7-15-42)43-16-8-3-9-17-43/h1-29,36-38H,30-35H2. The lowest BCUT2D eigenvalue weighted by atomic mass is 9.48. The lowest BCUT2D eigenvalue weighted by molar-refractivity contribution is -0.00518. The third-order valence-corrected chi connectivity index (χ3v) is 14.1. The molecule has 7 aromatic carbocycles. The maximum atomic E-state index is 2.51. The van der Waals surface area contributed by atoms with Crippen molar-refractivity contribution in [2.24, 2.45) is 17.8 Å². The minimum Gasteiger partial charge on any atom is -0.310 e. The number of thiophene rings is 1. The molecule has 4 aliphatic carbocycles. The van der Waals surface area contributed by atoms with Gasteiger partial charge in [-0.1, -0.05) is 103 Å². The van der Waals surface area contributed by atoms with Gasteiger partial charge in [0.2, 0.25) is 0 Å². The van der Waals surface area contributed by atoms with Crippen LogP contribution in [0.2, 0.25) is 0 Å². The number of anilines is 6. The Labute approximate surface area is 328 Å². The van der Waals surface area contributed by atoms with Gasteiger partial charge in [0, 0.05) is 42.9 Å². The highest BCUT2D eigenvalue weighted by atomic mass is 32.1. The topological polar surface area (TPSA) is 6.48 Å². The van der Waals surface area contributed by atoms with Crippen LogP contribution in [0.4, 0.5) is 34.1 Å². The van der Waals surface area contributed by atoms with Crippen molar-refractivity contribution in [3.05, 3.63) is 181 Å². The molecule has 0 N–H and O–H groups in total. The third kappa shape index (κ3) is 5.67. The van der Waals surface area contributed by atoms with Gasteiger partial charge >= 0.3 is 0 Å². The summed E-state index contributed by atoms with van der Waals surface area (Å²) in [6, 6.07) is 65.0. The van der Waals surface area contributed by atoms with Gasteiger partial charge in [-0.25, -0.2) is 0 Å². The van der Waals surface area contributed by atoms with Gasteiger partial charge in [0.05, 0.1) is 11.4 Å². The first-order valence-electron chi connectivity index (χ1n) is 20.1. The molecule has 2 nitrogen and oxygen atoms in total. The second kappa shape index (κ2) is 13.3. The number of nitrogens with zero attached hydrogens (tertiary/aromatic N) is 2. The van der Waals surface area contributed by atoms with Crippen LogP contribution in [0.15, 0.2) is 176 Å². The highest BCUT2D eigenvalue weighted by Crippen LogP contribution is 2.61. The fourth-order valence-electron chi connectivity index (χ4n) is 11.1. The molecule has 55 heavy (non-hydrogen) atoms. The van der Waals surface area contributed by atoms with E-state index in [1.165, 1.54) is 86.9 Å². The lowest BCUT2D eigenvalue weighted by Gasteiger charge is -2.57. The molecule has 0 amide bonds. The SMILES string of the molecule is c1ccc(-c2ccc(N(c3ccc(C45CC6CC(CC(C6)C4)C5)cc3)c3cccc4sc5cccc(N(c6ccccc6)c6ccccc6)c5c34)cc2)cc1. The Balaban J connectivity index is 1.10. The maximum Gasteiger partial charge on any atom is 0.0555 e. The van der Waals surface area contributed by atoms with E-state index in [1.54, 1.807) is 5.56 Å². The van der Waals surface area contributed by atoms with E-state index in [1.807, 2.05) is 11.3 Å². The number of benzene rings is 7. The Kier molecular flexibility index (Phi) is 7.91. The van der Waals surface area contributed by atoms with Crippen molar-refractivity contribution >= 4 is 65.6 Å². The summed E-state index contributed by atoms with van der Waals surface area (Å²) in [5, 5.41) is 2.56. The zero-order valence-corrected chi connectivity index (χ0v) is 31.8. The molecule has 4 bridgehead atoms. The third-order valence-electron chi connectivity index (χ3n) is 13.0. The summed E-state index contributed by atoms with van der Waals surface area (Å²) in [7, 11) is 0. The molecule has 0 aliphatic heterocycles. The Morgan fingerprint density at radius 1 is 0.382 bits per heavy atom. The number of hydrogen-bond donors (Lipinski definition) is 0. The fourth-order valence-corrected chi connectivity index (χ4v) is 12.2. The van der Waals surface area contributed by atoms with E-state index >= 15 is 0 Å². The summed E-state index contributed by atoms with van der Waals surface area (Å²) in [4.78, 5) is 4.93. The average Bonchev–Trinajstić information content (AvgIpc) is 3.63. The van der Waals surface area contributed by atoms with Crippen molar-refractivity contribution in [3.63, 3.8) is 0 Å². The van der Waals surface area contributed by atoms with Gasteiger partial charge in [-0.3, -0.25) is 0 Å². The molecule has 1 heterocycles. The first-order valence-corrected chi connectivity index (χ1v) is 20.9. The van der Waals surface area contributed by atoms with Crippen molar-refractivity contribution in [1.82, 2.24) is 0 Å². The fraction of sp³-hybridized carbons (Fsp3) is 0.192. The summed E-state index contributed by atoms with van der Waals surface area (Å²) >= 11 is 1.89. The molecule has 0 atom stereocenters. The van der Waals surface area contributed by atoms with E-state index in [0.29, 0.717) is 5.41 Å². The molecule has 1 aromatic heterocycles. The number of fused-ring (bicyclic) bond motifs is 3. The Bertz CT molecular complexity index is 2540. The van der Waals surface area contributed by atoms with Crippen LogP contribution in [0.1, 0.15) is 44.1 Å². The molecular formula is C52H44N2S. The molecule has 3 heteroatoms. The lowest BCUT2D eigenvalue weighted by Crippen LogP contribution is -2.48. The summed E-state index contributed by atoms with van der Waals surface area (Å²) in [5.41, 5.74) is 11.4. The van der Waals surface area contributed by atoms with Gasteiger partial charge < -0.3 is 9.80 Å². The Morgan fingerprint density at radius 2 is 0.782 bits per heavy atom. The first kappa shape index (κ1) is 32.8. The minimum atomic E-state index is 0.367. The van der Waals surface area contributed by atoms with Crippen molar-refractivity contribution < 1.29 is 0 Å². The average molecular weight is 729 g/mol. The first-order chi connectivity index (χ1) is 27.2. The van der Waals surface area contributed by atoms with Crippen LogP contribution in [-0.4, -0.2) is 0 Å². The van der Waals surface area contributed by atoms with Crippen LogP contribution in [0, 0.1) is 17.8 Å². The zero-order valence-electron chi connectivity index (χ0n) is 31.0. The number of hydrogen-bond acceptors (Lipinski definition) is 3. The van der Waals surface area contributed by atoms with Crippen molar-refractivity contribution in [2.75, 3.05) is 9.80 Å². The van der Waals surface area contributed by atoms with E-state index in [0.717, 1.165) is 34.8 Å². The van der Waals surface area contributed by atoms with Gasteiger partial charge in [-0.05, 0) is 151 Å². The van der Waals surface area contributed by atoms with Crippen molar-refractivity contribution in [3.8, 4) is 11.1 Å². The van der Waals surface area contributed by atoms with Crippen LogP contribution in [0.25, 0.3) is 31.3 Å². The van der Waals surface area contributed by atoms with Gasteiger partial charge in [0.1, 0.15) is 0 Å². The van der Waals surface area contributed by atoms with Gasteiger partial charge in [0.25, 0.3) is 0 Å². The summed E-state index contributed by atoms with van der Waals surface area (Å²) in [5.74, 6) is 2.78. The van der Waals surface area contributed by atoms with Crippen LogP contribution in [0.3, 0.4) is 0 Å². The molecule has 8 aromatic rings. The van der Waals surface area contributed by atoms with Crippen LogP contribution in [-0.2, 0) is 5.41 Å². The van der Waals surface area contributed by atoms with Crippen LogP contribution >= 0.6 is 11.3 Å². The molecule has 0 radical (unpaired) electrons. The zero-order chi connectivity index (χ0) is 36.3. The summed E-state index contributed by atoms with van der Waals surface area (Å²) < 4.78 is 2.57. The molecule has 4 aliphatic rings. The van der Waals surface area contributed by atoms with Crippen LogP contribution < -0.4 is 9.80 Å². The van der Waals surface area contributed by atoms with Gasteiger partial charge in [-0.2, -0.15) is 0 Å². The summed E-state index contributed by atoms with van der Waals surface area (Å²) in [6.45, 7) is 0. The Hall–Kier alpha value is -5.64. The van der Waals surface area contributed by atoms with Crippen molar-refractivity contribution in [1.29, 1.82) is 0 Å². The second-order valence-electron chi connectivity index (χ2n) is 16.4. The minimum absolute atomic E-state index is 0.367. The van der Waals surface area contributed by atoms with Gasteiger partial charge in [-0.15, -0.1) is 11.3 Å². The second-order valence-corrected chi connectivity index (χ2v) is 17.5.